The molecule has 9 heteroatoms. The Kier molecular flexibility index (Phi) is 6.06. The summed E-state index contributed by atoms with van der Waals surface area (Å²) in [6.45, 7) is 3.92. The van der Waals surface area contributed by atoms with Crippen LogP contribution in [-0.4, -0.2) is 64.7 Å². The standard InChI is InChI=1S/C20H23N5O4/c1-15(26)23-8-10-24(11-9-23)18-6-5-17(12-19(18)25(28)29)20(27)22(2)14-16-4-3-7-21-13-16/h3-7,12-13H,8-11,14H2,1-2H3. The van der Waals surface area contributed by atoms with E-state index in [1.54, 1.807) is 42.5 Å². The van der Waals surface area contributed by atoms with Crippen molar-refractivity contribution in [3.63, 3.8) is 0 Å². The third-order valence-corrected chi connectivity index (χ3v) is 4.97. The van der Waals surface area contributed by atoms with Crippen molar-refractivity contribution in [1.29, 1.82) is 0 Å². The number of nitro groups is 1. The molecular weight excluding hydrogens is 374 g/mol. The number of pyridine rings is 1. The Balaban J connectivity index is 1.78. The van der Waals surface area contributed by atoms with Crippen LogP contribution in [0.25, 0.3) is 0 Å². The lowest BCUT2D eigenvalue weighted by Crippen LogP contribution is -2.48. The largest absolute Gasteiger partial charge is 0.362 e. The number of carbonyl (C=O) groups excluding carboxylic acids is 2. The molecule has 152 valence electrons. The van der Waals surface area contributed by atoms with Crippen LogP contribution in [0.4, 0.5) is 11.4 Å². The van der Waals surface area contributed by atoms with Crippen LogP contribution in [0.2, 0.25) is 0 Å². The van der Waals surface area contributed by atoms with E-state index in [1.165, 1.54) is 17.9 Å². The minimum absolute atomic E-state index is 0.00301. The number of hydrogen-bond acceptors (Lipinski definition) is 6. The van der Waals surface area contributed by atoms with Crippen LogP contribution in [0.3, 0.4) is 0 Å². The molecule has 0 aliphatic carbocycles. The molecule has 1 aliphatic rings. The SMILES string of the molecule is CC(=O)N1CCN(c2ccc(C(=O)N(C)Cc3cccnc3)cc2[N+](=O)[O-])CC1. The summed E-state index contributed by atoms with van der Waals surface area (Å²) in [6, 6.07) is 8.21. The van der Waals surface area contributed by atoms with E-state index in [9.17, 15) is 19.7 Å². The van der Waals surface area contributed by atoms with Crippen molar-refractivity contribution >= 4 is 23.2 Å². The highest BCUT2D eigenvalue weighted by Crippen LogP contribution is 2.30. The lowest BCUT2D eigenvalue weighted by molar-refractivity contribution is -0.384. The second-order valence-corrected chi connectivity index (χ2v) is 6.98. The maximum atomic E-state index is 12.8. The summed E-state index contributed by atoms with van der Waals surface area (Å²) < 4.78 is 0. The van der Waals surface area contributed by atoms with Crippen molar-refractivity contribution in [2.75, 3.05) is 38.1 Å². The smallest absolute Gasteiger partial charge is 0.293 e. The minimum atomic E-state index is -0.468. The van der Waals surface area contributed by atoms with Crippen LogP contribution in [0.1, 0.15) is 22.8 Å². The van der Waals surface area contributed by atoms with Gasteiger partial charge >= 0.3 is 0 Å². The van der Waals surface area contributed by atoms with E-state index in [1.807, 2.05) is 11.0 Å². The summed E-state index contributed by atoms with van der Waals surface area (Å²) in [5.41, 5.74) is 1.48. The first-order valence-corrected chi connectivity index (χ1v) is 9.30. The molecule has 0 spiro atoms. The maximum Gasteiger partial charge on any atom is 0.293 e. The molecule has 1 saturated heterocycles. The predicted octanol–water partition coefficient (Wildman–Crippen LogP) is 1.93. The second kappa shape index (κ2) is 8.68. The first-order chi connectivity index (χ1) is 13.9. The van der Waals surface area contributed by atoms with E-state index in [2.05, 4.69) is 4.98 Å². The molecular formula is C20H23N5O4. The van der Waals surface area contributed by atoms with Crippen LogP contribution in [0, 0.1) is 10.1 Å². The molecule has 1 aromatic carbocycles. The molecule has 3 rings (SSSR count). The van der Waals surface area contributed by atoms with Crippen LogP contribution < -0.4 is 4.90 Å². The van der Waals surface area contributed by atoms with Crippen molar-refractivity contribution in [2.45, 2.75) is 13.5 Å². The van der Waals surface area contributed by atoms with Crippen molar-refractivity contribution in [3.05, 3.63) is 64.0 Å². The van der Waals surface area contributed by atoms with Crippen LogP contribution in [0.5, 0.6) is 0 Å². The lowest BCUT2D eigenvalue weighted by atomic mass is 10.1. The molecule has 29 heavy (non-hydrogen) atoms. The highest BCUT2D eigenvalue weighted by molar-refractivity contribution is 5.95. The quantitative estimate of drug-likeness (QED) is 0.565. The molecule has 0 saturated carbocycles. The van der Waals surface area contributed by atoms with E-state index >= 15 is 0 Å². The van der Waals surface area contributed by atoms with Crippen LogP contribution in [0.15, 0.2) is 42.7 Å². The zero-order valence-electron chi connectivity index (χ0n) is 16.4. The monoisotopic (exact) mass is 397 g/mol. The zero-order chi connectivity index (χ0) is 21.0. The van der Waals surface area contributed by atoms with Gasteiger partial charge in [-0.3, -0.25) is 24.7 Å². The van der Waals surface area contributed by atoms with E-state index in [-0.39, 0.29) is 23.1 Å². The number of aromatic nitrogens is 1. The van der Waals surface area contributed by atoms with Gasteiger partial charge in [0.25, 0.3) is 11.6 Å². The fraction of sp³-hybridized carbons (Fsp3) is 0.350. The van der Waals surface area contributed by atoms with Gasteiger partial charge in [0.15, 0.2) is 0 Å². The predicted molar refractivity (Wildman–Crippen MR) is 108 cm³/mol. The maximum absolute atomic E-state index is 12.8. The van der Waals surface area contributed by atoms with Gasteiger partial charge in [-0.1, -0.05) is 6.07 Å². The number of piperazine rings is 1. The molecule has 2 aromatic rings. The number of nitrogens with zero attached hydrogens (tertiary/aromatic N) is 5. The van der Waals surface area contributed by atoms with E-state index in [0.29, 0.717) is 38.4 Å². The van der Waals surface area contributed by atoms with Crippen LogP contribution >= 0.6 is 0 Å². The Morgan fingerprint density at radius 2 is 1.93 bits per heavy atom. The van der Waals surface area contributed by atoms with Crippen molar-refractivity contribution in [3.8, 4) is 0 Å². The van der Waals surface area contributed by atoms with Crippen molar-refractivity contribution in [2.24, 2.45) is 0 Å². The van der Waals surface area contributed by atoms with E-state index in [4.69, 9.17) is 0 Å². The van der Waals surface area contributed by atoms with Gasteiger partial charge in [0.2, 0.25) is 5.91 Å². The van der Waals surface area contributed by atoms with Crippen LogP contribution in [-0.2, 0) is 11.3 Å². The summed E-state index contributed by atoms with van der Waals surface area (Å²) in [5.74, 6) is -0.304. The summed E-state index contributed by atoms with van der Waals surface area (Å²) in [7, 11) is 1.65. The zero-order valence-corrected chi connectivity index (χ0v) is 16.4. The minimum Gasteiger partial charge on any atom is -0.362 e. The first kappa shape index (κ1) is 20.2. The molecule has 0 radical (unpaired) electrons. The van der Waals surface area contributed by atoms with Gasteiger partial charge in [0, 0.05) is 70.7 Å². The highest BCUT2D eigenvalue weighted by atomic mass is 16.6. The molecule has 0 unspecified atom stereocenters. The van der Waals surface area contributed by atoms with Crippen molar-refractivity contribution < 1.29 is 14.5 Å². The second-order valence-electron chi connectivity index (χ2n) is 6.98. The number of amides is 2. The Bertz CT molecular complexity index is 910. The lowest BCUT2D eigenvalue weighted by Gasteiger charge is -2.35. The molecule has 0 N–H and O–H groups in total. The van der Waals surface area contributed by atoms with E-state index < -0.39 is 4.92 Å². The molecule has 9 nitrogen and oxygen atoms in total. The third-order valence-electron chi connectivity index (χ3n) is 4.97. The first-order valence-electron chi connectivity index (χ1n) is 9.30. The number of benzene rings is 1. The fourth-order valence-corrected chi connectivity index (χ4v) is 3.39. The molecule has 1 fully saturated rings. The molecule has 2 heterocycles. The Hall–Kier alpha value is -3.49. The van der Waals surface area contributed by atoms with Gasteiger partial charge in [-0.2, -0.15) is 0 Å². The number of hydrogen-bond donors (Lipinski definition) is 0. The number of carbonyl (C=O) groups is 2. The highest BCUT2D eigenvalue weighted by Gasteiger charge is 2.26. The Labute approximate surface area is 168 Å². The fourth-order valence-electron chi connectivity index (χ4n) is 3.39. The summed E-state index contributed by atoms with van der Waals surface area (Å²) in [4.78, 5) is 44.6. The average Bonchev–Trinajstić information content (AvgIpc) is 2.73. The Morgan fingerprint density at radius 1 is 1.21 bits per heavy atom. The number of rotatable bonds is 5. The Morgan fingerprint density at radius 3 is 2.52 bits per heavy atom. The normalized spacial score (nSPS) is 13.9. The van der Waals surface area contributed by atoms with Gasteiger partial charge in [-0.15, -0.1) is 0 Å². The van der Waals surface area contributed by atoms with E-state index in [0.717, 1.165) is 5.56 Å². The summed E-state index contributed by atoms with van der Waals surface area (Å²) in [6.07, 6.45) is 3.33. The molecule has 1 aromatic heterocycles. The van der Waals surface area contributed by atoms with Crippen molar-refractivity contribution in [1.82, 2.24) is 14.8 Å². The number of anilines is 1. The molecule has 1 aliphatic heterocycles. The average molecular weight is 397 g/mol. The molecule has 0 bridgehead atoms. The number of nitro benzene ring substituents is 1. The van der Waals surface area contributed by atoms with Gasteiger partial charge in [0.05, 0.1) is 4.92 Å². The van der Waals surface area contributed by atoms with Gasteiger partial charge < -0.3 is 14.7 Å². The summed E-state index contributed by atoms with van der Waals surface area (Å²) in [5, 5.41) is 11.7. The van der Waals surface area contributed by atoms with Gasteiger partial charge in [0.1, 0.15) is 5.69 Å². The van der Waals surface area contributed by atoms with Gasteiger partial charge in [-0.05, 0) is 23.8 Å². The van der Waals surface area contributed by atoms with Gasteiger partial charge in [-0.25, -0.2) is 0 Å². The molecule has 0 atom stereocenters. The molecule has 2 amide bonds. The topological polar surface area (TPSA) is 99.9 Å². The summed E-state index contributed by atoms with van der Waals surface area (Å²) >= 11 is 0. The third kappa shape index (κ3) is 4.68.